The molecule has 0 amide bonds. The summed E-state index contributed by atoms with van der Waals surface area (Å²) in [5.74, 6) is -1.98. The molecule has 0 spiro atoms. The van der Waals surface area contributed by atoms with Crippen molar-refractivity contribution >= 4 is 17.9 Å². The number of allylic oxidation sites excluding steroid dienone is 8. The van der Waals surface area contributed by atoms with E-state index in [2.05, 4.69) is 62.5 Å². The molecule has 0 aromatic rings. The summed E-state index contributed by atoms with van der Waals surface area (Å²) in [6.07, 6.45) is 80.8. The van der Waals surface area contributed by atoms with Crippen molar-refractivity contribution in [1.82, 2.24) is 0 Å². The van der Waals surface area contributed by atoms with E-state index in [0.717, 1.165) is 51.4 Å². The average molecular weight is 1170 g/mol. The molecule has 0 aliphatic rings. The summed E-state index contributed by atoms with van der Waals surface area (Å²) in [5, 5.41) is 9.75. The Balaban J connectivity index is 4.08. The van der Waals surface area contributed by atoms with Gasteiger partial charge in [-0.2, -0.15) is 0 Å². The lowest BCUT2D eigenvalue weighted by Crippen LogP contribution is -2.40. The van der Waals surface area contributed by atoms with Crippen LogP contribution in [-0.2, 0) is 33.3 Å². The van der Waals surface area contributed by atoms with Gasteiger partial charge in [-0.3, -0.25) is 9.59 Å². The van der Waals surface area contributed by atoms with Gasteiger partial charge < -0.3 is 28.5 Å². The standard InChI is InChI=1S/C74H137NO8/c1-6-8-10-12-14-16-18-20-22-24-26-28-30-32-34-35-36-37-39-41-43-45-47-49-51-53-55-57-59-61-63-65-72(77)83-70(69-82-74(73(78)79)80-67-66-75(3,4)5)68-81-71(76)64-62-60-58-56-54-52-50-48-46-44-42-40-38-33-31-29-27-25-23-21-19-17-15-13-11-9-7-2/h18,20,24-27,30,32,70,74H,6-17,19,21-23,28-29,31,33-69H2,1-5H3/p+1/b20-18-,26-24-,27-25-,32-30-. The maximum absolute atomic E-state index is 12.9. The van der Waals surface area contributed by atoms with Gasteiger partial charge in [-0.1, -0.05) is 306 Å². The number of esters is 2. The van der Waals surface area contributed by atoms with Gasteiger partial charge in [0, 0.05) is 12.8 Å². The molecule has 2 unspecified atom stereocenters. The topological polar surface area (TPSA) is 108 Å². The first-order valence-corrected chi connectivity index (χ1v) is 35.8. The zero-order chi connectivity index (χ0) is 60.5. The van der Waals surface area contributed by atoms with Gasteiger partial charge in [-0.15, -0.1) is 0 Å². The third-order valence-electron chi connectivity index (χ3n) is 16.1. The fourth-order valence-corrected chi connectivity index (χ4v) is 10.5. The van der Waals surface area contributed by atoms with Gasteiger partial charge in [0.2, 0.25) is 0 Å². The van der Waals surface area contributed by atoms with E-state index >= 15 is 0 Å². The lowest BCUT2D eigenvalue weighted by atomic mass is 10.0. The van der Waals surface area contributed by atoms with Crippen molar-refractivity contribution < 1.29 is 42.9 Å². The number of carbonyl (C=O) groups is 3. The highest BCUT2D eigenvalue weighted by Gasteiger charge is 2.25. The molecular formula is C74H138NO8+. The van der Waals surface area contributed by atoms with Crippen LogP contribution < -0.4 is 0 Å². The summed E-state index contributed by atoms with van der Waals surface area (Å²) < 4.78 is 23.0. The SMILES string of the molecule is CCCCCCC/C=C\C/C=C\C/C=C\CCCCCCCCCCCCCCCCCCC(=O)OC(COC(=O)CCCCCCCCCCCCCCCCC/C=C\CCCCCCCCCC)COC(OCC[N+](C)(C)C)C(=O)O. The van der Waals surface area contributed by atoms with Crippen LogP contribution in [0.4, 0.5) is 0 Å². The monoisotopic (exact) mass is 1170 g/mol. The first kappa shape index (κ1) is 80.2. The summed E-state index contributed by atoms with van der Waals surface area (Å²) in [7, 11) is 5.99. The number of carboxylic acid groups (broad SMARTS) is 1. The second-order valence-electron chi connectivity index (χ2n) is 25.5. The van der Waals surface area contributed by atoms with Crippen molar-refractivity contribution in [1.29, 1.82) is 0 Å². The number of carbonyl (C=O) groups excluding carboxylic acids is 2. The number of nitrogens with zero attached hydrogens (tertiary/aromatic N) is 1. The van der Waals surface area contributed by atoms with Gasteiger partial charge in [0.25, 0.3) is 6.29 Å². The number of rotatable bonds is 67. The molecule has 0 aromatic carbocycles. The third kappa shape index (κ3) is 66.6. The summed E-state index contributed by atoms with van der Waals surface area (Å²) in [6, 6.07) is 0. The van der Waals surface area contributed by atoms with E-state index in [1.54, 1.807) is 0 Å². The minimum Gasteiger partial charge on any atom is -0.477 e. The van der Waals surface area contributed by atoms with Crippen molar-refractivity contribution in [3.8, 4) is 0 Å². The molecule has 0 aliphatic carbocycles. The number of hydrogen-bond donors (Lipinski definition) is 1. The number of unbranched alkanes of at least 4 members (excludes halogenated alkanes) is 44. The van der Waals surface area contributed by atoms with Crippen LogP contribution in [-0.4, -0.2) is 87.4 Å². The van der Waals surface area contributed by atoms with E-state index in [0.29, 0.717) is 17.4 Å². The highest BCUT2D eigenvalue weighted by atomic mass is 16.7. The summed E-state index contributed by atoms with van der Waals surface area (Å²) in [5.41, 5.74) is 0. The molecule has 0 fully saturated rings. The Hall–Kier alpha value is -2.75. The van der Waals surface area contributed by atoms with Crippen LogP contribution in [0.15, 0.2) is 48.6 Å². The predicted octanol–water partition coefficient (Wildman–Crippen LogP) is 22.1. The smallest absolute Gasteiger partial charge is 0.361 e. The number of quaternary nitrogens is 1. The number of likely N-dealkylation sites (N-methyl/N-ethyl adjacent to an activating group) is 1. The molecule has 2 atom stereocenters. The quantitative estimate of drug-likeness (QED) is 0.0211. The lowest BCUT2D eigenvalue weighted by Gasteiger charge is -2.25. The van der Waals surface area contributed by atoms with E-state index in [9.17, 15) is 19.5 Å². The highest BCUT2D eigenvalue weighted by molar-refractivity contribution is 5.71. The number of ether oxygens (including phenoxy) is 4. The van der Waals surface area contributed by atoms with E-state index in [1.165, 1.54) is 270 Å². The Morgan fingerprint density at radius 3 is 0.976 bits per heavy atom. The van der Waals surface area contributed by atoms with Crippen LogP contribution in [0.1, 0.15) is 348 Å². The van der Waals surface area contributed by atoms with Crippen LogP contribution in [0, 0.1) is 0 Å². The third-order valence-corrected chi connectivity index (χ3v) is 16.1. The van der Waals surface area contributed by atoms with E-state index in [-0.39, 0.29) is 38.2 Å². The van der Waals surface area contributed by atoms with Crippen molar-refractivity contribution in [3.63, 3.8) is 0 Å². The Bertz CT molecular complexity index is 1500. The molecule has 0 rings (SSSR count). The molecule has 0 aromatic heterocycles. The van der Waals surface area contributed by atoms with Gasteiger partial charge in [0.1, 0.15) is 13.2 Å². The normalized spacial score (nSPS) is 12.9. The fraction of sp³-hybridized carbons (Fsp3) is 0.851. The molecule has 0 bridgehead atoms. The molecule has 83 heavy (non-hydrogen) atoms. The molecule has 0 radical (unpaired) electrons. The van der Waals surface area contributed by atoms with Crippen LogP contribution in [0.25, 0.3) is 0 Å². The van der Waals surface area contributed by atoms with Gasteiger partial charge in [-0.25, -0.2) is 4.79 Å². The predicted molar refractivity (Wildman–Crippen MR) is 355 cm³/mol. The minimum atomic E-state index is -1.51. The first-order valence-electron chi connectivity index (χ1n) is 35.8. The molecular weight excluding hydrogens is 1030 g/mol. The maximum Gasteiger partial charge on any atom is 0.361 e. The molecule has 0 aliphatic heterocycles. The molecule has 0 heterocycles. The zero-order valence-electron chi connectivity index (χ0n) is 55.6. The summed E-state index contributed by atoms with van der Waals surface area (Å²) in [6.45, 7) is 4.92. The average Bonchev–Trinajstić information content (AvgIpc) is 3.46. The Morgan fingerprint density at radius 1 is 0.361 bits per heavy atom. The second-order valence-corrected chi connectivity index (χ2v) is 25.5. The summed E-state index contributed by atoms with van der Waals surface area (Å²) >= 11 is 0. The molecule has 0 saturated carbocycles. The van der Waals surface area contributed by atoms with Gasteiger partial charge in [0.05, 0.1) is 34.4 Å². The number of carboxylic acids is 1. The minimum absolute atomic E-state index is 0.178. The van der Waals surface area contributed by atoms with Crippen LogP contribution in [0.3, 0.4) is 0 Å². The molecule has 9 heteroatoms. The van der Waals surface area contributed by atoms with Crippen LogP contribution in [0.2, 0.25) is 0 Å². The fourth-order valence-electron chi connectivity index (χ4n) is 10.5. The second kappa shape index (κ2) is 65.2. The molecule has 486 valence electrons. The van der Waals surface area contributed by atoms with Crippen molar-refractivity contribution in [2.45, 2.75) is 360 Å². The number of hydrogen-bond acceptors (Lipinski definition) is 7. The maximum atomic E-state index is 12.9. The summed E-state index contributed by atoms with van der Waals surface area (Å²) in [4.78, 5) is 37.6. The molecule has 1 N–H and O–H groups in total. The molecule has 9 nitrogen and oxygen atoms in total. The van der Waals surface area contributed by atoms with Gasteiger partial charge in [0.15, 0.2) is 6.10 Å². The first-order chi connectivity index (χ1) is 40.6. The van der Waals surface area contributed by atoms with Crippen molar-refractivity contribution in [3.05, 3.63) is 48.6 Å². The lowest BCUT2D eigenvalue weighted by molar-refractivity contribution is -0.870. The van der Waals surface area contributed by atoms with Crippen LogP contribution >= 0.6 is 0 Å². The van der Waals surface area contributed by atoms with Gasteiger partial charge >= 0.3 is 17.9 Å². The van der Waals surface area contributed by atoms with Crippen molar-refractivity contribution in [2.75, 3.05) is 47.5 Å². The Morgan fingerprint density at radius 2 is 0.651 bits per heavy atom. The molecule has 0 saturated heterocycles. The van der Waals surface area contributed by atoms with Crippen molar-refractivity contribution in [2.24, 2.45) is 0 Å². The van der Waals surface area contributed by atoms with E-state index in [4.69, 9.17) is 18.9 Å². The highest BCUT2D eigenvalue weighted by Crippen LogP contribution is 2.18. The largest absolute Gasteiger partial charge is 0.477 e. The van der Waals surface area contributed by atoms with E-state index < -0.39 is 18.4 Å². The zero-order valence-corrected chi connectivity index (χ0v) is 55.6. The Labute approximate surface area is 514 Å². The van der Waals surface area contributed by atoms with Gasteiger partial charge in [-0.05, 0) is 77.0 Å². The van der Waals surface area contributed by atoms with E-state index in [1.807, 2.05) is 21.1 Å². The Kier molecular flexibility index (Phi) is 63.1. The van der Waals surface area contributed by atoms with Crippen LogP contribution in [0.5, 0.6) is 0 Å². The number of aliphatic carboxylic acids is 1.